The van der Waals surface area contributed by atoms with Crippen molar-refractivity contribution in [3.63, 3.8) is 0 Å². The van der Waals surface area contributed by atoms with Crippen LogP contribution in [0.4, 0.5) is 0 Å². The van der Waals surface area contributed by atoms with Crippen molar-refractivity contribution in [1.29, 1.82) is 5.26 Å². The molecule has 3 aromatic carbocycles. The number of carbonyl (C=O) groups is 1. The van der Waals surface area contributed by atoms with Crippen LogP contribution in [0.25, 0.3) is 0 Å². The van der Waals surface area contributed by atoms with Crippen LogP contribution in [-0.4, -0.2) is 28.8 Å². The molecule has 4 rings (SSSR count). The summed E-state index contributed by atoms with van der Waals surface area (Å²) in [6.45, 7) is 2.67. The van der Waals surface area contributed by atoms with E-state index >= 15 is 0 Å². The molecule has 1 saturated heterocycles. The Morgan fingerprint density at radius 1 is 0.824 bits per heavy atom. The summed E-state index contributed by atoms with van der Waals surface area (Å²) < 4.78 is 0. The number of amides is 1. The molecule has 0 N–H and O–H groups in total. The number of carbonyl (C=O) groups excluding carboxylic acids is 1. The first-order valence-electron chi connectivity index (χ1n) is 12.0. The van der Waals surface area contributed by atoms with Crippen molar-refractivity contribution in [3.05, 3.63) is 119 Å². The summed E-state index contributed by atoms with van der Waals surface area (Å²) in [6.07, 6.45) is 4.73. The number of benzene rings is 3. The Kier molecular flexibility index (Phi) is 8.13. The lowest BCUT2D eigenvalue weighted by atomic mass is 9.90. The normalized spacial score (nSPS) is 14.4. The second-order valence-electron chi connectivity index (χ2n) is 8.96. The van der Waals surface area contributed by atoms with Crippen LogP contribution in [0, 0.1) is 17.2 Å². The molecule has 172 valence electrons. The number of rotatable bonds is 8. The van der Waals surface area contributed by atoms with E-state index in [9.17, 15) is 10.1 Å². The van der Waals surface area contributed by atoms with Crippen LogP contribution in [0.2, 0.25) is 0 Å². The molecule has 0 saturated carbocycles. The average molecular weight is 450 g/mol. The fourth-order valence-corrected chi connectivity index (χ4v) is 4.56. The zero-order chi connectivity index (χ0) is 23.6. The molecular formula is C30H31N3O. The van der Waals surface area contributed by atoms with Gasteiger partial charge < -0.3 is 9.80 Å². The number of nitriles is 1. The molecule has 0 bridgehead atoms. The zero-order valence-corrected chi connectivity index (χ0v) is 19.5. The zero-order valence-electron chi connectivity index (χ0n) is 19.5. The molecule has 4 nitrogen and oxygen atoms in total. The van der Waals surface area contributed by atoms with Gasteiger partial charge in [0.05, 0.1) is 0 Å². The summed E-state index contributed by atoms with van der Waals surface area (Å²) in [5, 5.41) is 9.86. The minimum Gasteiger partial charge on any atom is -0.367 e. The van der Waals surface area contributed by atoms with E-state index in [4.69, 9.17) is 0 Å². The third-order valence-corrected chi connectivity index (χ3v) is 6.39. The van der Waals surface area contributed by atoms with Gasteiger partial charge in [-0.2, -0.15) is 5.26 Å². The fourth-order valence-electron chi connectivity index (χ4n) is 4.56. The molecule has 1 fully saturated rings. The van der Waals surface area contributed by atoms with Crippen LogP contribution in [0.5, 0.6) is 0 Å². The Morgan fingerprint density at radius 2 is 1.29 bits per heavy atom. The Labute approximate surface area is 202 Å². The van der Waals surface area contributed by atoms with Gasteiger partial charge in [-0.25, -0.2) is 0 Å². The molecular weight excluding hydrogens is 418 g/mol. The number of nitrogens with zero attached hydrogens (tertiary/aromatic N) is 3. The molecule has 0 unspecified atom stereocenters. The smallest absolute Gasteiger partial charge is 0.266 e. The molecule has 34 heavy (non-hydrogen) atoms. The van der Waals surface area contributed by atoms with Crippen LogP contribution in [-0.2, 0) is 24.3 Å². The fraction of sp³-hybridized carbons (Fsp3) is 0.267. The lowest BCUT2D eigenvalue weighted by Gasteiger charge is -2.32. The second-order valence-corrected chi connectivity index (χ2v) is 8.96. The molecule has 0 spiro atoms. The largest absolute Gasteiger partial charge is 0.367 e. The minimum absolute atomic E-state index is 0.160. The highest BCUT2D eigenvalue weighted by atomic mass is 16.2. The molecule has 0 atom stereocenters. The summed E-state index contributed by atoms with van der Waals surface area (Å²) in [4.78, 5) is 17.1. The molecule has 1 amide bonds. The highest BCUT2D eigenvalue weighted by Crippen LogP contribution is 2.23. The summed E-state index contributed by atoms with van der Waals surface area (Å²) in [5.41, 5.74) is 3.83. The lowest BCUT2D eigenvalue weighted by molar-refractivity contribution is -0.128. The van der Waals surface area contributed by atoms with Crippen molar-refractivity contribution in [2.75, 3.05) is 13.1 Å². The van der Waals surface area contributed by atoms with Gasteiger partial charge in [0.25, 0.3) is 5.91 Å². The maximum absolute atomic E-state index is 13.2. The Morgan fingerprint density at radius 3 is 1.76 bits per heavy atom. The van der Waals surface area contributed by atoms with Crippen LogP contribution in [0.3, 0.4) is 0 Å². The third kappa shape index (κ3) is 6.59. The maximum Gasteiger partial charge on any atom is 0.266 e. The van der Waals surface area contributed by atoms with Crippen molar-refractivity contribution in [2.45, 2.75) is 32.4 Å². The van der Waals surface area contributed by atoms with Gasteiger partial charge >= 0.3 is 0 Å². The molecule has 1 aliphatic heterocycles. The Balaban J connectivity index is 1.43. The summed E-state index contributed by atoms with van der Waals surface area (Å²) in [5.74, 6) is 0.417. The van der Waals surface area contributed by atoms with Crippen LogP contribution in [0.1, 0.15) is 29.5 Å². The summed E-state index contributed by atoms with van der Waals surface area (Å²) >= 11 is 0. The van der Waals surface area contributed by atoms with Gasteiger partial charge in [0.1, 0.15) is 11.6 Å². The van der Waals surface area contributed by atoms with Gasteiger partial charge in [-0.05, 0) is 41.9 Å². The van der Waals surface area contributed by atoms with Crippen molar-refractivity contribution in [3.8, 4) is 6.07 Å². The molecule has 0 radical (unpaired) electrons. The van der Waals surface area contributed by atoms with Gasteiger partial charge in [0, 0.05) is 32.4 Å². The second kappa shape index (κ2) is 11.9. The van der Waals surface area contributed by atoms with E-state index in [1.807, 2.05) is 47.4 Å². The first kappa shape index (κ1) is 23.3. The van der Waals surface area contributed by atoms with E-state index in [-0.39, 0.29) is 11.5 Å². The van der Waals surface area contributed by atoms with Crippen molar-refractivity contribution >= 4 is 5.91 Å². The van der Waals surface area contributed by atoms with Gasteiger partial charge in [-0.3, -0.25) is 4.79 Å². The van der Waals surface area contributed by atoms with Crippen molar-refractivity contribution < 1.29 is 4.79 Å². The third-order valence-electron chi connectivity index (χ3n) is 6.39. The number of likely N-dealkylation sites (tertiary alicyclic amines) is 1. The van der Waals surface area contributed by atoms with Crippen LogP contribution < -0.4 is 0 Å². The van der Waals surface area contributed by atoms with Gasteiger partial charge in [-0.15, -0.1) is 0 Å². The van der Waals surface area contributed by atoms with Crippen molar-refractivity contribution in [2.24, 2.45) is 5.92 Å². The number of piperidine rings is 1. The molecule has 1 heterocycles. The monoisotopic (exact) mass is 449 g/mol. The van der Waals surface area contributed by atoms with E-state index in [1.165, 1.54) is 5.56 Å². The van der Waals surface area contributed by atoms with Crippen molar-refractivity contribution in [1.82, 2.24) is 9.80 Å². The van der Waals surface area contributed by atoms with Gasteiger partial charge in [0.15, 0.2) is 0 Å². The van der Waals surface area contributed by atoms with Gasteiger partial charge in [0.2, 0.25) is 0 Å². The molecule has 4 heteroatoms. The SMILES string of the molecule is N#C/C(=C/N(Cc1ccccc1)Cc1ccccc1)C(=O)N1CCC(Cc2ccccc2)CC1. The highest BCUT2D eigenvalue weighted by molar-refractivity contribution is 5.97. The quantitative estimate of drug-likeness (QED) is 0.333. The molecule has 0 aliphatic carbocycles. The van der Waals surface area contributed by atoms with E-state index in [2.05, 4.69) is 59.5 Å². The average Bonchev–Trinajstić information content (AvgIpc) is 2.89. The van der Waals surface area contributed by atoms with E-state index in [0.717, 1.165) is 30.4 Å². The number of hydrogen-bond donors (Lipinski definition) is 0. The summed E-state index contributed by atoms with van der Waals surface area (Å²) in [7, 11) is 0. The predicted molar refractivity (Wildman–Crippen MR) is 135 cm³/mol. The standard InChI is InChI=1S/C30H31N3O/c31-21-29(30(34)33-18-16-26(17-19-33)20-25-10-4-1-5-11-25)24-32(22-27-12-6-2-7-13-27)23-28-14-8-3-9-15-28/h1-15,24,26H,16-20,22-23H2/b29-24-. The minimum atomic E-state index is -0.160. The summed E-state index contributed by atoms with van der Waals surface area (Å²) in [6, 6.07) is 33.0. The van der Waals surface area contributed by atoms with E-state index in [0.29, 0.717) is 32.1 Å². The first-order valence-corrected chi connectivity index (χ1v) is 12.0. The van der Waals surface area contributed by atoms with Crippen LogP contribution in [0.15, 0.2) is 103 Å². The lowest BCUT2D eigenvalue weighted by Crippen LogP contribution is -2.39. The number of hydrogen-bond acceptors (Lipinski definition) is 3. The first-order chi connectivity index (χ1) is 16.7. The van der Waals surface area contributed by atoms with E-state index < -0.39 is 0 Å². The Hall–Kier alpha value is -3.84. The van der Waals surface area contributed by atoms with Crippen LogP contribution >= 0.6 is 0 Å². The topological polar surface area (TPSA) is 47.3 Å². The maximum atomic E-state index is 13.2. The Bertz CT molecular complexity index is 1070. The predicted octanol–water partition coefficient (Wildman–Crippen LogP) is 5.58. The van der Waals surface area contributed by atoms with E-state index in [1.54, 1.807) is 6.20 Å². The molecule has 0 aromatic heterocycles. The molecule has 1 aliphatic rings. The highest BCUT2D eigenvalue weighted by Gasteiger charge is 2.25. The van der Waals surface area contributed by atoms with Gasteiger partial charge in [-0.1, -0.05) is 91.0 Å². The molecule has 3 aromatic rings.